The van der Waals surface area contributed by atoms with E-state index in [9.17, 15) is 0 Å². The normalized spacial score (nSPS) is 12.9. The van der Waals surface area contributed by atoms with E-state index in [-0.39, 0.29) is 18.6 Å². The summed E-state index contributed by atoms with van der Waals surface area (Å²) in [7, 11) is 0. The molecule has 2 aromatic heterocycles. The van der Waals surface area contributed by atoms with Crippen molar-refractivity contribution in [1.82, 2.24) is 9.97 Å². The highest BCUT2D eigenvalue weighted by atomic mass is 32.1. The van der Waals surface area contributed by atoms with Crippen molar-refractivity contribution < 1.29 is 5.11 Å². The second-order valence-corrected chi connectivity index (χ2v) is 4.19. The van der Waals surface area contributed by atoms with Gasteiger partial charge in [0.1, 0.15) is 10.6 Å². The Hall–Kier alpha value is -1.40. The number of hydrogen-bond donors (Lipinski definition) is 3. The molecule has 0 radical (unpaired) electrons. The third kappa shape index (κ3) is 2.00. The quantitative estimate of drug-likeness (QED) is 0.726. The first-order valence-electron chi connectivity index (χ1n) is 4.59. The van der Waals surface area contributed by atoms with Crippen molar-refractivity contribution >= 4 is 33.3 Å². The van der Waals surface area contributed by atoms with E-state index in [0.29, 0.717) is 5.82 Å². The first-order chi connectivity index (χ1) is 7.20. The van der Waals surface area contributed by atoms with Gasteiger partial charge in [-0.15, -0.1) is 11.3 Å². The summed E-state index contributed by atoms with van der Waals surface area (Å²) in [5.74, 6) is 0.929. The van der Waals surface area contributed by atoms with Gasteiger partial charge >= 0.3 is 0 Å². The summed E-state index contributed by atoms with van der Waals surface area (Å²) in [5, 5.41) is 14.9. The number of hydrogen-bond acceptors (Lipinski definition) is 6. The Kier molecular flexibility index (Phi) is 2.70. The molecule has 15 heavy (non-hydrogen) atoms. The number of nitrogen functional groups attached to an aromatic ring is 1. The van der Waals surface area contributed by atoms with Gasteiger partial charge in [0.15, 0.2) is 0 Å². The number of aromatic nitrogens is 2. The van der Waals surface area contributed by atoms with E-state index >= 15 is 0 Å². The average Bonchev–Trinajstić information content (AvgIpc) is 2.65. The number of nitrogens with zero attached hydrogens (tertiary/aromatic N) is 2. The zero-order valence-electron chi connectivity index (χ0n) is 8.27. The molecule has 1 unspecified atom stereocenters. The van der Waals surface area contributed by atoms with Crippen LogP contribution >= 0.6 is 11.3 Å². The molecule has 2 aromatic rings. The number of thiophene rings is 1. The summed E-state index contributed by atoms with van der Waals surface area (Å²) in [6.07, 6.45) is 0. The largest absolute Gasteiger partial charge is 0.394 e. The molecule has 0 fully saturated rings. The first kappa shape index (κ1) is 10.1. The Morgan fingerprint density at radius 3 is 3.13 bits per heavy atom. The second-order valence-electron chi connectivity index (χ2n) is 3.30. The minimum absolute atomic E-state index is 0.0511. The van der Waals surface area contributed by atoms with Crippen molar-refractivity contribution in [2.24, 2.45) is 0 Å². The number of anilines is 2. The SMILES string of the molecule is CC(CO)Nc1nc(N)nc2sccc12. The van der Waals surface area contributed by atoms with Crippen LogP contribution in [0, 0.1) is 0 Å². The molecular weight excluding hydrogens is 212 g/mol. The van der Waals surface area contributed by atoms with Crippen molar-refractivity contribution in [1.29, 1.82) is 0 Å². The van der Waals surface area contributed by atoms with Gasteiger partial charge in [0.2, 0.25) is 5.95 Å². The third-order valence-corrected chi connectivity index (χ3v) is 2.81. The number of nitrogens with one attached hydrogen (secondary N) is 1. The van der Waals surface area contributed by atoms with Gasteiger partial charge in [0.05, 0.1) is 12.0 Å². The lowest BCUT2D eigenvalue weighted by Crippen LogP contribution is -2.20. The molecule has 0 aliphatic carbocycles. The van der Waals surface area contributed by atoms with E-state index < -0.39 is 0 Å². The summed E-state index contributed by atoms with van der Waals surface area (Å²) in [5.41, 5.74) is 5.58. The van der Waals surface area contributed by atoms with E-state index in [1.165, 1.54) is 11.3 Å². The van der Waals surface area contributed by atoms with Crippen molar-refractivity contribution in [3.63, 3.8) is 0 Å². The fraction of sp³-hybridized carbons (Fsp3) is 0.333. The lowest BCUT2D eigenvalue weighted by molar-refractivity contribution is 0.281. The monoisotopic (exact) mass is 224 g/mol. The molecule has 2 heterocycles. The van der Waals surface area contributed by atoms with Crippen LogP contribution in [-0.4, -0.2) is 27.7 Å². The van der Waals surface area contributed by atoms with Gasteiger partial charge in [-0.3, -0.25) is 0 Å². The maximum Gasteiger partial charge on any atom is 0.223 e. The number of aliphatic hydroxyl groups excluding tert-OH is 1. The van der Waals surface area contributed by atoms with Crippen LogP contribution in [0.15, 0.2) is 11.4 Å². The Balaban J connectivity index is 2.44. The molecule has 0 saturated heterocycles. The maximum absolute atomic E-state index is 8.95. The van der Waals surface area contributed by atoms with Crippen LogP contribution in [0.5, 0.6) is 0 Å². The molecular formula is C9H12N4OS. The Labute approximate surface area is 91.0 Å². The average molecular weight is 224 g/mol. The highest BCUT2D eigenvalue weighted by Crippen LogP contribution is 2.25. The van der Waals surface area contributed by atoms with Crippen molar-refractivity contribution in [3.05, 3.63) is 11.4 Å². The lowest BCUT2D eigenvalue weighted by atomic mass is 10.3. The van der Waals surface area contributed by atoms with Crippen molar-refractivity contribution in [3.8, 4) is 0 Å². The molecule has 6 heteroatoms. The van der Waals surface area contributed by atoms with Crippen LogP contribution in [0.1, 0.15) is 6.92 Å². The van der Waals surface area contributed by atoms with Crippen LogP contribution in [0.3, 0.4) is 0 Å². The lowest BCUT2D eigenvalue weighted by Gasteiger charge is -2.12. The van der Waals surface area contributed by atoms with Gasteiger partial charge in [-0.2, -0.15) is 4.98 Å². The van der Waals surface area contributed by atoms with Crippen molar-refractivity contribution in [2.45, 2.75) is 13.0 Å². The van der Waals surface area contributed by atoms with Crippen LogP contribution in [0.2, 0.25) is 0 Å². The highest BCUT2D eigenvalue weighted by Gasteiger charge is 2.09. The Bertz CT molecular complexity index is 470. The van der Waals surface area contributed by atoms with Gasteiger partial charge in [0.25, 0.3) is 0 Å². The van der Waals surface area contributed by atoms with E-state index in [2.05, 4.69) is 15.3 Å². The van der Waals surface area contributed by atoms with Gasteiger partial charge in [-0.05, 0) is 18.4 Å². The van der Waals surface area contributed by atoms with E-state index in [1.807, 2.05) is 18.4 Å². The summed E-state index contributed by atoms with van der Waals surface area (Å²) < 4.78 is 0. The molecule has 0 aliphatic rings. The van der Waals surface area contributed by atoms with Crippen LogP contribution in [0.25, 0.3) is 10.2 Å². The third-order valence-electron chi connectivity index (χ3n) is 2.00. The summed E-state index contributed by atoms with van der Waals surface area (Å²) >= 11 is 1.52. The minimum atomic E-state index is -0.0533. The van der Waals surface area contributed by atoms with Crippen molar-refractivity contribution in [2.75, 3.05) is 17.7 Å². The van der Waals surface area contributed by atoms with Crippen LogP contribution in [0.4, 0.5) is 11.8 Å². The molecule has 2 rings (SSSR count). The van der Waals surface area contributed by atoms with Gasteiger partial charge in [-0.1, -0.05) is 0 Å². The first-order valence-corrected chi connectivity index (χ1v) is 5.47. The van der Waals surface area contributed by atoms with Crippen LogP contribution < -0.4 is 11.1 Å². The second kappa shape index (κ2) is 4.00. The number of aliphatic hydroxyl groups is 1. The standard InChI is InChI=1S/C9H12N4OS/c1-5(4-14)11-7-6-2-3-15-8(6)13-9(10)12-7/h2-3,5,14H,4H2,1H3,(H3,10,11,12,13). The summed E-state index contributed by atoms with van der Waals surface area (Å²) in [6.45, 7) is 1.92. The van der Waals surface area contributed by atoms with Gasteiger partial charge < -0.3 is 16.2 Å². The van der Waals surface area contributed by atoms with Crippen LogP contribution in [-0.2, 0) is 0 Å². The summed E-state index contributed by atoms with van der Waals surface area (Å²) in [6, 6.07) is 1.88. The molecule has 0 spiro atoms. The highest BCUT2D eigenvalue weighted by molar-refractivity contribution is 7.16. The van der Waals surface area contributed by atoms with E-state index in [4.69, 9.17) is 10.8 Å². The number of nitrogens with two attached hydrogens (primary N) is 1. The number of rotatable bonds is 3. The number of fused-ring (bicyclic) bond motifs is 1. The topological polar surface area (TPSA) is 84.1 Å². The summed E-state index contributed by atoms with van der Waals surface area (Å²) in [4.78, 5) is 9.08. The molecule has 0 aliphatic heterocycles. The molecule has 0 bridgehead atoms. The molecule has 80 valence electrons. The predicted molar refractivity (Wildman–Crippen MR) is 62.0 cm³/mol. The van der Waals surface area contributed by atoms with E-state index in [0.717, 1.165) is 10.2 Å². The van der Waals surface area contributed by atoms with E-state index in [1.54, 1.807) is 0 Å². The Morgan fingerprint density at radius 2 is 2.40 bits per heavy atom. The van der Waals surface area contributed by atoms with Gasteiger partial charge in [-0.25, -0.2) is 4.98 Å². The minimum Gasteiger partial charge on any atom is -0.394 e. The molecule has 0 amide bonds. The Morgan fingerprint density at radius 1 is 1.60 bits per heavy atom. The molecule has 0 aromatic carbocycles. The predicted octanol–water partition coefficient (Wildman–Crippen LogP) is 1.07. The maximum atomic E-state index is 8.95. The molecule has 5 nitrogen and oxygen atoms in total. The zero-order valence-corrected chi connectivity index (χ0v) is 9.08. The smallest absolute Gasteiger partial charge is 0.223 e. The molecule has 0 saturated carbocycles. The zero-order chi connectivity index (χ0) is 10.8. The van der Waals surface area contributed by atoms with Gasteiger partial charge in [0, 0.05) is 6.04 Å². The molecule has 1 atom stereocenters. The fourth-order valence-corrected chi connectivity index (χ4v) is 2.03. The fourth-order valence-electron chi connectivity index (χ4n) is 1.26. The molecule has 4 N–H and O–H groups in total.